The predicted molar refractivity (Wildman–Crippen MR) is 83.9 cm³/mol. The Labute approximate surface area is 128 Å². The van der Waals surface area contributed by atoms with Crippen molar-refractivity contribution in [1.29, 1.82) is 0 Å². The van der Waals surface area contributed by atoms with Crippen LogP contribution in [0.4, 0.5) is 5.69 Å². The number of anilines is 1. The van der Waals surface area contributed by atoms with Gasteiger partial charge in [-0.1, -0.05) is 35.2 Å². The van der Waals surface area contributed by atoms with E-state index in [1.54, 1.807) is 7.11 Å². The molecule has 0 saturated heterocycles. The molecule has 0 aromatic heterocycles. The summed E-state index contributed by atoms with van der Waals surface area (Å²) >= 11 is 3.58. The number of amides is 1. The van der Waals surface area contributed by atoms with Gasteiger partial charge >= 0.3 is 0 Å². The van der Waals surface area contributed by atoms with Gasteiger partial charge in [-0.05, 0) is 25.0 Å². The van der Waals surface area contributed by atoms with Crippen LogP contribution < -0.4 is 15.8 Å². The number of rotatable bonds is 3. The first-order valence-electron chi connectivity index (χ1n) is 6.91. The standard InChI is InChI=1S/C15H21BrN2O2/c1-10(19)18-14-12(20-2)7-6-11(16)13(14)15(17)8-4-3-5-9-15/h6-7H,3-5,8-9,17H2,1-2H3,(H,18,19). The van der Waals surface area contributed by atoms with Crippen molar-refractivity contribution in [3.8, 4) is 5.75 Å². The van der Waals surface area contributed by atoms with Crippen LogP contribution in [0.3, 0.4) is 0 Å². The molecule has 1 aliphatic carbocycles. The van der Waals surface area contributed by atoms with Crippen LogP contribution >= 0.6 is 15.9 Å². The van der Waals surface area contributed by atoms with Gasteiger partial charge in [0.15, 0.2) is 0 Å². The normalized spacial score (nSPS) is 17.6. The second-order valence-electron chi connectivity index (χ2n) is 5.40. The number of carbonyl (C=O) groups is 1. The molecule has 0 aliphatic heterocycles. The molecule has 0 bridgehead atoms. The fourth-order valence-corrected chi connectivity index (χ4v) is 3.67. The van der Waals surface area contributed by atoms with Gasteiger partial charge in [-0.2, -0.15) is 0 Å². The van der Waals surface area contributed by atoms with Crippen LogP contribution in [0.15, 0.2) is 16.6 Å². The number of nitrogens with one attached hydrogen (secondary N) is 1. The molecule has 5 heteroatoms. The number of hydrogen-bond donors (Lipinski definition) is 2. The second-order valence-corrected chi connectivity index (χ2v) is 6.25. The number of nitrogens with two attached hydrogens (primary N) is 1. The quantitative estimate of drug-likeness (QED) is 0.884. The maximum atomic E-state index is 11.5. The van der Waals surface area contributed by atoms with Crippen LogP contribution in [0.25, 0.3) is 0 Å². The second kappa shape index (κ2) is 6.14. The van der Waals surface area contributed by atoms with Crippen molar-refractivity contribution in [2.24, 2.45) is 5.73 Å². The fraction of sp³-hybridized carbons (Fsp3) is 0.533. The molecule has 0 spiro atoms. The Hall–Kier alpha value is -1.07. The summed E-state index contributed by atoms with van der Waals surface area (Å²) in [7, 11) is 1.60. The smallest absolute Gasteiger partial charge is 0.221 e. The molecule has 1 saturated carbocycles. The lowest BCUT2D eigenvalue weighted by atomic mass is 9.76. The van der Waals surface area contributed by atoms with Gasteiger partial charge in [-0.15, -0.1) is 0 Å². The molecule has 3 N–H and O–H groups in total. The highest BCUT2D eigenvalue weighted by molar-refractivity contribution is 9.10. The van der Waals surface area contributed by atoms with E-state index in [2.05, 4.69) is 21.2 Å². The Morgan fingerprint density at radius 3 is 2.55 bits per heavy atom. The first-order valence-corrected chi connectivity index (χ1v) is 7.70. The molecule has 1 amide bonds. The summed E-state index contributed by atoms with van der Waals surface area (Å²) < 4.78 is 6.31. The van der Waals surface area contributed by atoms with E-state index in [0.717, 1.165) is 35.7 Å². The molecule has 110 valence electrons. The third kappa shape index (κ3) is 2.99. The zero-order chi connectivity index (χ0) is 14.8. The van der Waals surface area contributed by atoms with Crippen molar-refractivity contribution in [2.45, 2.75) is 44.6 Å². The van der Waals surface area contributed by atoms with E-state index >= 15 is 0 Å². The van der Waals surface area contributed by atoms with Crippen LogP contribution in [-0.2, 0) is 10.3 Å². The highest BCUT2D eigenvalue weighted by atomic mass is 79.9. The van der Waals surface area contributed by atoms with Gasteiger partial charge in [0, 0.05) is 22.5 Å². The fourth-order valence-electron chi connectivity index (χ4n) is 2.95. The van der Waals surface area contributed by atoms with Crippen molar-refractivity contribution >= 4 is 27.5 Å². The minimum Gasteiger partial charge on any atom is -0.495 e. The SMILES string of the molecule is COc1ccc(Br)c(C2(N)CCCCC2)c1NC(C)=O. The van der Waals surface area contributed by atoms with Crippen LogP contribution in [-0.4, -0.2) is 13.0 Å². The Bertz CT molecular complexity index is 511. The molecule has 0 heterocycles. The van der Waals surface area contributed by atoms with E-state index in [1.165, 1.54) is 13.3 Å². The highest BCUT2D eigenvalue weighted by Gasteiger charge is 2.34. The third-order valence-electron chi connectivity index (χ3n) is 3.88. The van der Waals surface area contributed by atoms with Crippen LogP contribution in [0.1, 0.15) is 44.6 Å². The molecule has 0 unspecified atom stereocenters. The minimum atomic E-state index is -0.413. The third-order valence-corrected chi connectivity index (χ3v) is 4.54. The molecule has 1 aliphatic rings. The highest BCUT2D eigenvalue weighted by Crippen LogP contribution is 2.45. The van der Waals surface area contributed by atoms with Crippen molar-refractivity contribution in [2.75, 3.05) is 12.4 Å². The van der Waals surface area contributed by atoms with Gasteiger partial charge in [0.2, 0.25) is 5.91 Å². The van der Waals surface area contributed by atoms with E-state index in [4.69, 9.17) is 10.5 Å². The predicted octanol–water partition coefficient (Wildman–Crippen LogP) is 3.53. The number of halogens is 1. The summed E-state index contributed by atoms with van der Waals surface area (Å²) in [6.45, 7) is 1.49. The van der Waals surface area contributed by atoms with Gasteiger partial charge < -0.3 is 15.8 Å². The largest absolute Gasteiger partial charge is 0.495 e. The van der Waals surface area contributed by atoms with Crippen molar-refractivity contribution in [3.63, 3.8) is 0 Å². The molecule has 1 fully saturated rings. The summed E-state index contributed by atoms with van der Waals surface area (Å²) in [5, 5.41) is 2.88. The summed E-state index contributed by atoms with van der Waals surface area (Å²) in [4.78, 5) is 11.5. The Balaban J connectivity index is 2.56. The topological polar surface area (TPSA) is 64.3 Å². The van der Waals surface area contributed by atoms with Gasteiger partial charge in [-0.25, -0.2) is 0 Å². The van der Waals surface area contributed by atoms with E-state index in [9.17, 15) is 4.79 Å². The monoisotopic (exact) mass is 340 g/mol. The summed E-state index contributed by atoms with van der Waals surface area (Å²) in [5.41, 5.74) is 7.88. The van der Waals surface area contributed by atoms with Gasteiger partial charge in [0.05, 0.1) is 12.8 Å². The van der Waals surface area contributed by atoms with Crippen LogP contribution in [0.2, 0.25) is 0 Å². The van der Waals surface area contributed by atoms with E-state index < -0.39 is 5.54 Å². The number of carbonyl (C=O) groups excluding carboxylic acids is 1. The van der Waals surface area contributed by atoms with Gasteiger partial charge in [0.1, 0.15) is 5.75 Å². The number of hydrogen-bond acceptors (Lipinski definition) is 3. The lowest BCUT2D eigenvalue weighted by Gasteiger charge is -2.36. The van der Waals surface area contributed by atoms with Crippen molar-refractivity contribution in [1.82, 2.24) is 0 Å². The Morgan fingerprint density at radius 2 is 2.00 bits per heavy atom. The van der Waals surface area contributed by atoms with Crippen LogP contribution in [0, 0.1) is 0 Å². The lowest BCUT2D eigenvalue weighted by Crippen LogP contribution is -2.39. The first kappa shape index (κ1) is 15.3. The molecule has 2 rings (SSSR count). The number of ether oxygens (including phenoxy) is 1. The Morgan fingerprint density at radius 1 is 1.35 bits per heavy atom. The molecule has 20 heavy (non-hydrogen) atoms. The molecule has 0 radical (unpaired) electrons. The van der Waals surface area contributed by atoms with E-state index in [-0.39, 0.29) is 5.91 Å². The summed E-state index contributed by atoms with van der Waals surface area (Å²) in [5.74, 6) is 0.524. The maximum Gasteiger partial charge on any atom is 0.221 e. The molecular formula is C15H21BrN2O2. The van der Waals surface area contributed by atoms with E-state index in [0.29, 0.717) is 11.4 Å². The number of benzene rings is 1. The first-order chi connectivity index (χ1) is 9.48. The average molecular weight is 341 g/mol. The average Bonchev–Trinajstić information content (AvgIpc) is 2.39. The van der Waals surface area contributed by atoms with Crippen molar-refractivity contribution < 1.29 is 9.53 Å². The Kier molecular flexibility index (Phi) is 4.70. The number of methoxy groups -OCH3 is 1. The lowest BCUT2D eigenvalue weighted by molar-refractivity contribution is -0.114. The van der Waals surface area contributed by atoms with E-state index in [1.807, 2.05) is 12.1 Å². The van der Waals surface area contributed by atoms with Crippen molar-refractivity contribution in [3.05, 3.63) is 22.2 Å². The molecular weight excluding hydrogens is 320 g/mol. The zero-order valence-corrected chi connectivity index (χ0v) is 13.5. The van der Waals surface area contributed by atoms with Gasteiger partial charge in [-0.3, -0.25) is 4.79 Å². The minimum absolute atomic E-state index is 0.123. The summed E-state index contributed by atoms with van der Waals surface area (Å²) in [6.07, 6.45) is 5.28. The zero-order valence-electron chi connectivity index (χ0n) is 12.0. The van der Waals surface area contributed by atoms with Gasteiger partial charge in [0.25, 0.3) is 0 Å². The molecule has 0 atom stereocenters. The van der Waals surface area contributed by atoms with Crippen LogP contribution in [0.5, 0.6) is 5.75 Å². The maximum absolute atomic E-state index is 11.5. The summed E-state index contributed by atoms with van der Waals surface area (Å²) in [6, 6.07) is 3.77. The molecule has 1 aromatic carbocycles. The molecule has 1 aromatic rings. The molecule has 4 nitrogen and oxygen atoms in total.